The second kappa shape index (κ2) is 6.98. The third kappa shape index (κ3) is 3.73. The minimum Gasteiger partial charge on any atom is -0.365 e. The summed E-state index contributed by atoms with van der Waals surface area (Å²) >= 11 is 1.52. The number of carbonyl (C=O) groups is 2. The SMILES string of the molecule is CC1CCc2c(sc(NC(=O)CN3CCNCC3)c2C(N)=O)C1. The van der Waals surface area contributed by atoms with E-state index in [1.807, 2.05) is 0 Å². The van der Waals surface area contributed by atoms with E-state index in [4.69, 9.17) is 5.73 Å². The van der Waals surface area contributed by atoms with Gasteiger partial charge in [0.05, 0.1) is 12.1 Å². The standard InChI is InChI=1S/C16H24N4O2S/c1-10-2-3-11-12(8-10)23-16(14(11)15(17)22)19-13(21)9-20-6-4-18-5-7-20/h10,18H,2-9H2,1H3,(H2,17,22)(H,19,21). The Labute approximate surface area is 140 Å². The number of thiophene rings is 1. The number of carbonyl (C=O) groups excluding carboxylic acids is 2. The molecule has 6 nitrogen and oxygen atoms in total. The topological polar surface area (TPSA) is 87.5 Å². The number of amides is 2. The molecule has 1 aliphatic carbocycles. The summed E-state index contributed by atoms with van der Waals surface area (Å²) in [5.74, 6) is 0.113. The molecule has 2 heterocycles. The van der Waals surface area contributed by atoms with Crippen molar-refractivity contribution in [1.82, 2.24) is 10.2 Å². The summed E-state index contributed by atoms with van der Waals surface area (Å²) in [5, 5.41) is 6.83. The molecule has 1 aromatic rings. The van der Waals surface area contributed by atoms with E-state index in [0.29, 0.717) is 23.0 Å². The van der Waals surface area contributed by atoms with Crippen LogP contribution >= 0.6 is 11.3 Å². The van der Waals surface area contributed by atoms with Gasteiger partial charge >= 0.3 is 0 Å². The Kier molecular flexibility index (Phi) is 4.99. The van der Waals surface area contributed by atoms with Crippen LogP contribution in [-0.2, 0) is 17.6 Å². The minimum absolute atomic E-state index is 0.0685. The fourth-order valence-electron chi connectivity index (χ4n) is 3.34. The Balaban J connectivity index is 1.74. The van der Waals surface area contributed by atoms with Crippen LogP contribution < -0.4 is 16.4 Å². The molecule has 1 saturated heterocycles. The molecule has 0 spiro atoms. The first-order valence-electron chi connectivity index (χ1n) is 8.22. The molecule has 7 heteroatoms. The van der Waals surface area contributed by atoms with Crippen molar-refractivity contribution in [1.29, 1.82) is 0 Å². The van der Waals surface area contributed by atoms with Gasteiger partial charge in [-0.15, -0.1) is 11.3 Å². The first-order chi connectivity index (χ1) is 11.0. The van der Waals surface area contributed by atoms with Crippen LogP contribution in [0.3, 0.4) is 0 Å². The smallest absolute Gasteiger partial charge is 0.251 e. The lowest BCUT2D eigenvalue weighted by Crippen LogP contribution is -2.46. The normalized spacial score (nSPS) is 21.7. The van der Waals surface area contributed by atoms with Gasteiger partial charge in [0, 0.05) is 31.1 Å². The molecule has 1 unspecified atom stereocenters. The van der Waals surface area contributed by atoms with Crippen LogP contribution in [-0.4, -0.2) is 49.4 Å². The quantitative estimate of drug-likeness (QED) is 0.759. The van der Waals surface area contributed by atoms with Gasteiger partial charge in [-0.1, -0.05) is 6.92 Å². The van der Waals surface area contributed by atoms with E-state index in [1.165, 1.54) is 16.2 Å². The molecule has 4 N–H and O–H groups in total. The molecule has 2 aliphatic rings. The summed E-state index contributed by atoms with van der Waals surface area (Å²) in [6.45, 7) is 6.13. The lowest BCUT2D eigenvalue weighted by atomic mass is 9.88. The summed E-state index contributed by atoms with van der Waals surface area (Å²) < 4.78 is 0. The molecule has 23 heavy (non-hydrogen) atoms. The largest absolute Gasteiger partial charge is 0.365 e. The Morgan fingerprint density at radius 3 is 2.83 bits per heavy atom. The van der Waals surface area contributed by atoms with Crippen molar-refractivity contribution < 1.29 is 9.59 Å². The van der Waals surface area contributed by atoms with Crippen molar-refractivity contribution >= 4 is 28.2 Å². The van der Waals surface area contributed by atoms with Crippen molar-refractivity contribution in [3.05, 3.63) is 16.0 Å². The molecule has 2 amide bonds. The number of nitrogens with one attached hydrogen (secondary N) is 2. The third-order valence-electron chi connectivity index (χ3n) is 4.59. The van der Waals surface area contributed by atoms with E-state index in [9.17, 15) is 9.59 Å². The molecule has 1 atom stereocenters. The molecule has 1 aromatic heterocycles. The number of piperazine rings is 1. The van der Waals surface area contributed by atoms with Crippen molar-refractivity contribution in [3.8, 4) is 0 Å². The van der Waals surface area contributed by atoms with Gasteiger partial charge in [0.2, 0.25) is 5.91 Å². The Hall–Kier alpha value is -1.44. The van der Waals surface area contributed by atoms with Crippen LogP contribution in [0.5, 0.6) is 0 Å². The van der Waals surface area contributed by atoms with Crippen molar-refractivity contribution in [2.24, 2.45) is 11.7 Å². The number of primary amides is 1. The van der Waals surface area contributed by atoms with Crippen LogP contribution in [0.25, 0.3) is 0 Å². The van der Waals surface area contributed by atoms with Crippen LogP contribution in [0, 0.1) is 5.92 Å². The third-order valence-corrected chi connectivity index (χ3v) is 5.76. The van der Waals surface area contributed by atoms with Gasteiger partial charge in [-0.3, -0.25) is 14.5 Å². The van der Waals surface area contributed by atoms with E-state index in [0.717, 1.165) is 51.0 Å². The Morgan fingerprint density at radius 2 is 2.13 bits per heavy atom. The maximum atomic E-state index is 12.3. The number of rotatable bonds is 4. The minimum atomic E-state index is -0.436. The summed E-state index contributed by atoms with van der Waals surface area (Å²) in [7, 11) is 0. The van der Waals surface area contributed by atoms with Crippen LogP contribution in [0.4, 0.5) is 5.00 Å². The van der Waals surface area contributed by atoms with Gasteiger partial charge in [-0.2, -0.15) is 0 Å². The number of fused-ring (bicyclic) bond motifs is 1. The number of hydrogen-bond donors (Lipinski definition) is 3. The van der Waals surface area contributed by atoms with E-state index in [-0.39, 0.29) is 5.91 Å². The molecular weight excluding hydrogens is 312 g/mol. The molecule has 1 fully saturated rings. The second-order valence-electron chi connectivity index (χ2n) is 6.49. The molecule has 0 aromatic carbocycles. The van der Waals surface area contributed by atoms with Gasteiger partial charge in [-0.05, 0) is 30.7 Å². The van der Waals surface area contributed by atoms with Crippen LogP contribution in [0.2, 0.25) is 0 Å². The highest BCUT2D eigenvalue weighted by molar-refractivity contribution is 7.17. The van der Waals surface area contributed by atoms with Crippen LogP contribution in [0.15, 0.2) is 0 Å². The number of nitrogens with two attached hydrogens (primary N) is 1. The van der Waals surface area contributed by atoms with Gasteiger partial charge in [-0.25, -0.2) is 0 Å². The molecular formula is C16H24N4O2S. The summed E-state index contributed by atoms with van der Waals surface area (Å²) in [6.07, 6.45) is 2.91. The zero-order valence-corrected chi connectivity index (χ0v) is 14.3. The molecule has 0 bridgehead atoms. The van der Waals surface area contributed by atoms with E-state index < -0.39 is 5.91 Å². The number of nitrogens with zero attached hydrogens (tertiary/aromatic N) is 1. The van der Waals surface area contributed by atoms with E-state index >= 15 is 0 Å². The van der Waals surface area contributed by atoms with Gasteiger partial charge in [0.1, 0.15) is 5.00 Å². The highest BCUT2D eigenvalue weighted by Gasteiger charge is 2.27. The molecule has 0 saturated carbocycles. The first kappa shape index (κ1) is 16.4. The van der Waals surface area contributed by atoms with E-state index in [1.54, 1.807) is 0 Å². The fraction of sp³-hybridized carbons (Fsp3) is 0.625. The van der Waals surface area contributed by atoms with Gasteiger partial charge in [0.25, 0.3) is 5.91 Å². The maximum Gasteiger partial charge on any atom is 0.251 e. The van der Waals surface area contributed by atoms with E-state index in [2.05, 4.69) is 22.5 Å². The summed E-state index contributed by atoms with van der Waals surface area (Å²) in [6, 6.07) is 0. The number of anilines is 1. The lowest BCUT2D eigenvalue weighted by Gasteiger charge is -2.26. The Morgan fingerprint density at radius 1 is 1.39 bits per heavy atom. The monoisotopic (exact) mass is 336 g/mol. The zero-order valence-electron chi connectivity index (χ0n) is 13.5. The predicted octanol–water partition coefficient (Wildman–Crippen LogP) is 0.816. The highest BCUT2D eigenvalue weighted by atomic mass is 32.1. The molecule has 126 valence electrons. The maximum absolute atomic E-state index is 12.3. The average molecular weight is 336 g/mol. The number of hydrogen-bond acceptors (Lipinski definition) is 5. The fourth-order valence-corrected chi connectivity index (χ4v) is 4.77. The zero-order chi connectivity index (χ0) is 16.4. The average Bonchev–Trinajstić information content (AvgIpc) is 2.84. The van der Waals surface area contributed by atoms with Crippen molar-refractivity contribution in [3.63, 3.8) is 0 Å². The van der Waals surface area contributed by atoms with Gasteiger partial charge in [0.15, 0.2) is 0 Å². The highest BCUT2D eigenvalue weighted by Crippen LogP contribution is 2.39. The molecule has 1 aliphatic heterocycles. The lowest BCUT2D eigenvalue weighted by molar-refractivity contribution is -0.117. The predicted molar refractivity (Wildman–Crippen MR) is 92.0 cm³/mol. The Bertz CT molecular complexity index is 607. The van der Waals surface area contributed by atoms with Crippen molar-refractivity contribution in [2.45, 2.75) is 26.2 Å². The van der Waals surface area contributed by atoms with Crippen LogP contribution in [0.1, 0.15) is 34.1 Å². The van der Waals surface area contributed by atoms with Gasteiger partial charge < -0.3 is 16.4 Å². The second-order valence-corrected chi connectivity index (χ2v) is 7.60. The summed E-state index contributed by atoms with van der Waals surface area (Å²) in [5.41, 5.74) is 7.16. The summed E-state index contributed by atoms with van der Waals surface area (Å²) in [4.78, 5) is 27.5. The van der Waals surface area contributed by atoms with Crippen molar-refractivity contribution in [2.75, 3.05) is 38.0 Å². The molecule has 3 rings (SSSR count). The molecule has 0 radical (unpaired) electrons. The first-order valence-corrected chi connectivity index (χ1v) is 9.03.